The Morgan fingerprint density at radius 2 is 2.00 bits per heavy atom. The molecule has 0 aliphatic heterocycles. The van der Waals surface area contributed by atoms with Gasteiger partial charge in [-0.15, -0.1) is 0 Å². The van der Waals surface area contributed by atoms with Crippen molar-refractivity contribution in [1.29, 1.82) is 0 Å². The summed E-state index contributed by atoms with van der Waals surface area (Å²) in [4.78, 5) is 16.3. The zero-order valence-corrected chi connectivity index (χ0v) is 16.2. The standard InChI is InChI=1S/C16H13FIN3O.C2H6/c1-9(22)14-11-4-3-7-19-15(11)21(2)16(14)20-13-6-5-10(18)8-12(13)17;1-2/h3-8,20H,1-2H3;1-2H3. The van der Waals surface area contributed by atoms with Crippen LogP contribution in [-0.2, 0) is 7.05 Å². The molecule has 0 unspecified atom stereocenters. The van der Waals surface area contributed by atoms with Gasteiger partial charge >= 0.3 is 0 Å². The van der Waals surface area contributed by atoms with Crippen molar-refractivity contribution in [3.8, 4) is 0 Å². The number of nitrogens with one attached hydrogen (secondary N) is 1. The van der Waals surface area contributed by atoms with Crippen LogP contribution in [0, 0.1) is 9.39 Å². The van der Waals surface area contributed by atoms with Gasteiger partial charge in [0, 0.05) is 22.2 Å². The lowest BCUT2D eigenvalue weighted by atomic mass is 10.1. The smallest absolute Gasteiger partial charge is 0.164 e. The molecule has 1 N–H and O–H groups in total. The third-order valence-corrected chi connectivity index (χ3v) is 4.15. The minimum absolute atomic E-state index is 0.0907. The van der Waals surface area contributed by atoms with Gasteiger partial charge in [0.2, 0.25) is 0 Å². The second-order valence-corrected chi connectivity index (χ2v) is 6.21. The molecule has 3 rings (SSSR count). The second kappa shape index (κ2) is 7.74. The van der Waals surface area contributed by atoms with Gasteiger partial charge in [0.25, 0.3) is 0 Å². The van der Waals surface area contributed by atoms with Crippen molar-refractivity contribution < 1.29 is 9.18 Å². The van der Waals surface area contributed by atoms with Gasteiger partial charge in [0.15, 0.2) is 5.78 Å². The average molecular weight is 439 g/mol. The Balaban J connectivity index is 0.00000100. The molecule has 0 amide bonds. The molecule has 0 atom stereocenters. The highest BCUT2D eigenvalue weighted by Crippen LogP contribution is 2.31. The molecular formula is C18H19FIN3O. The van der Waals surface area contributed by atoms with E-state index in [1.54, 1.807) is 36.0 Å². The number of pyridine rings is 1. The first-order valence-electron chi connectivity index (χ1n) is 7.65. The van der Waals surface area contributed by atoms with Gasteiger partial charge in [-0.25, -0.2) is 9.37 Å². The van der Waals surface area contributed by atoms with Gasteiger partial charge in [-0.1, -0.05) is 13.8 Å². The predicted molar refractivity (Wildman–Crippen MR) is 104 cm³/mol. The summed E-state index contributed by atoms with van der Waals surface area (Å²) in [7, 11) is 1.80. The van der Waals surface area contributed by atoms with Gasteiger partial charge < -0.3 is 9.88 Å². The Bertz CT molecular complexity index is 889. The fourth-order valence-corrected chi connectivity index (χ4v) is 2.93. The Hall–Kier alpha value is -1.96. The summed E-state index contributed by atoms with van der Waals surface area (Å²) in [6.07, 6.45) is 1.67. The van der Waals surface area contributed by atoms with Crippen LogP contribution in [0.1, 0.15) is 31.1 Å². The highest BCUT2D eigenvalue weighted by Gasteiger charge is 2.20. The van der Waals surface area contributed by atoms with E-state index in [1.165, 1.54) is 13.0 Å². The maximum atomic E-state index is 14.1. The van der Waals surface area contributed by atoms with Crippen LogP contribution in [0.25, 0.3) is 11.0 Å². The van der Waals surface area contributed by atoms with Gasteiger partial charge in [-0.2, -0.15) is 0 Å². The molecule has 0 aliphatic rings. The number of carbonyl (C=O) groups is 1. The van der Waals surface area contributed by atoms with Crippen LogP contribution in [0.3, 0.4) is 0 Å². The summed E-state index contributed by atoms with van der Waals surface area (Å²) in [5.41, 5.74) is 1.53. The number of benzene rings is 1. The lowest BCUT2D eigenvalue weighted by Crippen LogP contribution is -2.04. The van der Waals surface area contributed by atoms with Crippen molar-refractivity contribution in [1.82, 2.24) is 9.55 Å². The first-order chi connectivity index (χ1) is 11.5. The topological polar surface area (TPSA) is 46.9 Å². The fourth-order valence-electron chi connectivity index (χ4n) is 2.48. The number of aromatic nitrogens is 2. The van der Waals surface area contributed by atoms with E-state index in [-0.39, 0.29) is 11.6 Å². The van der Waals surface area contributed by atoms with Crippen LogP contribution >= 0.6 is 22.6 Å². The number of hydrogen-bond acceptors (Lipinski definition) is 3. The zero-order valence-electron chi connectivity index (χ0n) is 14.0. The highest BCUT2D eigenvalue weighted by atomic mass is 127. The van der Waals surface area contributed by atoms with E-state index in [4.69, 9.17) is 0 Å². The minimum atomic E-state index is -0.361. The molecule has 24 heavy (non-hydrogen) atoms. The van der Waals surface area contributed by atoms with Crippen molar-refractivity contribution in [3.63, 3.8) is 0 Å². The molecule has 2 aromatic heterocycles. The molecule has 3 aromatic rings. The summed E-state index contributed by atoms with van der Waals surface area (Å²) in [5.74, 6) is 0.0907. The van der Waals surface area contributed by atoms with Crippen LogP contribution in [0.4, 0.5) is 15.9 Å². The number of nitrogens with zero attached hydrogens (tertiary/aromatic N) is 2. The number of Topliss-reactive ketones (excluding diaryl/α,β-unsaturated/α-hetero) is 1. The molecular weight excluding hydrogens is 420 g/mol. The van der Waals surface area contributed by atoms with E-state index < -0.39 is 0 Å². The molecule has 2 heterocycles. The third-order valence-electron chi connectivity index (χ3n) is 3.48. The SMILES string of the molecule is CC.CC(=O)c1c(Nc2ccc(I)cc2F)n(C)c2ncccc12. The van der Waals surface area contributed by atoms with Crippen LogP contribution in [0.15, 0.2) is 36.5 Å². The van der Waals surface area contributed by atoms with E-state index in [9.17, 15) is 9.18 Å². The number of aryl methyl sites for hydroxylation is 1. The highest BCUT2D eigenvalue weighted by molar-refractivity contribution is 14.1. The van der Waals surface area contributed by atoms with Gasteiger partial charge in [0.1, 0.15) is 17.3 Å². The Labute approximate surface area is 154 Å². The van der Waals surface area contributed by atoms with E-state index in [2.05, 4.69) is 32.9 Å². The second-order valence-electron chi connectivity index (χ2n) is 4.96. The van der Waals surface area contributed by atoms with E-state index >= 15 is 0 Å². The summed E-state index contributed by atoms with van der Waals surface area (Å²) in [6.45, 7) is 5.50. The lowest BCUT2D eigenvalue weighted by molar-refractivity contribution is 0.102. The Kier molecular flexibility index (Phi) is 5.93. The van der Waals surface area contributed by atoms with E-state index in [1.807, 2.05) is 19.9 Å². The van der Waals surface area contributed by atoms with Gasteiger partial charge in [-0.3, -0.25) is 4.79 Å². The van der Waals surface area contributed by atoms with Crippen molar-refractivity contribution in [2.75, 3.05) is 5.32 Å². The molecule has 1 aromatic carbocycles. The number of rotatable bonds is 3. The Morgan fingerprint density at radius 1 is 1.29 bits per heavy atom. The fraction of sp³-hybridized carbons (Fsp3) is 0.222. The maximum Gasteiger partial charge on any atom is 0.164 e. The molecule has 6 heteroatoms. The van der Waals surface area contributed by atoms with Gasteiger partial charge in [-0.05, 0) is 59.8 Å². The summed E-state index contributed by atoms with van der Waals surface area (Å²) in [5, 5.41) is 3.79. The number of ketones is 1. The van der Waals surface area contributed by atoms with E-state index in [0.717, 1.165) is 8.96 Å². The van der Waals surface area contributed by atoms with Crippen molar-refractivity contribution in [3.05, 3.63) is 51.5 Å². The molecule has 0 fully saturated rings. The van der Waals surface area contributed by atoms with Crippen LogP contribution in [-0.4, -0.2) is 15.3 Å². The molecule has 0 saturated carbocycles. The van der Waals surface area contributed by atoms with Crippen LogP contribution in [0.5, 0.6) is 0 Å². The monoisotopic (exact) mass is 439 g/mol. The van der Waals surface area contributed by atoms with E-state index in [0.29, 0.717) is 22.7 Å². The molecule has 0 saturated heterocycles. The van der Waals surface area contributed by atoms with Crippen LogP contribution < -0.4 is 5.32 Å². The number of anilines is 2. The summed E-state index contributed by atoms with van der Waals surface area (Å²) >= 11 is 2.05. The lowest BCUT2D eigenvalue weighted by Gasteiger charge is -2.10. The van der Waals surface area contributed by atoms with Crippen molar-refractivity contribution in [2.45, 2.75) is 20.8 Å². The summed E-state index contributed by atoms with van der Waals surface area (Å²) < 4.78 is 16.7. The molecule has 0 spiro atoms. The molecule has 0 aliphatic carbocycles. The summed E-state index contributed by atoms with van der Waals surface area (Å²) in [6, 6.07) is 8.53. The maximum absolute atomic E-state index is 14.1. The number of halogens is 2. The van der Waals surface area contributed by atoms with Gasteiger partial charge in [0.05, 0.1) is 11.3 Å². The van der Waals surface area contributed by atoms with Crippen LogP contribution in [0.2, 0.25) is 0 Å². The number of carbonyl (C=O) groups excluding carboxylic acids is 1. The molecule has 126 valence electrons. The molecule has 0 radical (unpaired) electrons. The first kappa shape index (κ1) is 18.4. The van der Waals surface area contributed by atoms with Crippen molar-refractivity contribution in [2.24, 2.45) is 7.05 Å². The number of hydrogen-bond donors (Lipinski definition) is 1. The largest absolute Gasteiger partial charge is 0.339 e. The molecule has 0 bridgehead atoms. The minimum Gasteiger partial charge on any atom is -0.339 e. The third kappa shape index (κ3) is 3.43. The average Bonchev–Trinajstić information content (AvgIpc) is 2.85. The molecule has 4 nitrogen and oxygen atoms in total. The normalized spacial score (nSPS) is 10.2. The quantitative estimate of drug-likeness (QED) is 0.446. The zero-order chi connectivity index (χ0) is 17.9. The number of fused-ring (bicyclic) bond motifs is 1. The Morgan fingerprint density at radius 3 is 2.62 bits per heavy atom. The predicted octanol–water partition coefficient (Wildman–Crippen LogP) is 5.29. The van der Waals surface area contributed by atoms with Crippen molar-refractivity contribution >= 4 is 50.9 Å². The first-order valence-corrected chi connectivity index (χ1v) is 8.73.